The predicted molar refractivity (Wildman–Crippen MR) is 93.4 cm³/mol. The van der Waals surface area contributed by atoms with Crippen molar-refractivity contribution in [1.82, 2.24) is 10.2 Å². The van der Waals surface area contributed by atoms with Gasteiger partial charge in [-0.1, -0.05) is 23.9 Å². The number of aliphatic imine (C=N–C) groups is 1. The van der Waals surface area contributed by atoms with Gasteiger partial charge in [0.2, 0.25) is 0 Å². The van der Waals surface area contributed by atoms with E-state index in [0.717, 1.165) is 24.3 Å². The fourth-order valence-electron chi connectivity index (χ4n) is 2.37. The number of thioether (sulfide) groups is 1. The number of hydrogen-bond donors (Lipinski definition) is 2. The maximum absolute atomic E-state index is 12.1. The van der Waals surface area contributed by atoms with Gasteiger partial charge in [0.25, 0.3) is 5.91 Å². The van der Waals surface area contributed by atoms with Crippen molar-refractivity contribution in [2.45, 2.75) is 18.9 Å². The quantitative estimate of drug-likeness (QED) is 0.865. The number of amidine groups is 1. The Hall–Kier alpha value is -1.53. The minimum Gasteiger partial charge on any atom is -0.379 e. The molecule has 6 heteroatoms. The molecule has 0 fully saturated rings. The zero-order valence-corrected chi connectivity index (χ0v) is 14.2. The molecule has 0 spiro atoms. The maximum atomic E-state index is 12.1. The van der Waals surface area contributed by atoms with Crippen LogP contribution in [0.3, 0.4) is 0 Å². The van der Waals surface area contributed by atoms with Crippen LogP contribution in [0.25, 0.3) is 0 Å². The Morgan fingerprint density at radius 1 is 1.41 bits per heavy atom. The molecule has 3 N–H and O–H groups in total. The van der Waals surface area contributed by atoms with Gasteiger partial charge in [-0.05, 0) is 45.1 Å². The fraction of sp³-hybridized carbons (Fsp3) is 0.500. The molecule has 1 heterocycles. The first-order valence-corrected chi connectivity index (χ1v) is 8.41. The minimum atomic E-state index is -0.282. The molecule has 1 aliphatic rings. The van der Waals surface area contributed by atoms with Gasteiger partial charge in [-0.15, -0.1) is 0 Å². The van der Waals surface area contributed by atoms with Crippen LogP contribution >= 0.6 is 11.8 Å². The zero-order chi connectivity index (χ0) is 16.2. The lowest BCUT2D eigenvalue weighted by molar-refractivity contribution is 0.0951. The number of likely N-dealkylation sites (N-methyl/N-ethyl adjacent to an activating group) is 1. The molecule has 1 aliphatic heterocycles. The van der Waals surface area contributed by atoms with E-state index in [0.29, 0.717) is 17.3 Å². The second kappa shape index (κ2) is 7.15. The highest BCUT2D eigenvalue weighted by Crippen LogP contribution is 2.34. The van der Waals surface area contributed by atoms with Crippen LogP contribution in [0.1, 0.15) is 29.3 Å². The molecule has 1 aromatic carbocycles. The highest BCUT2D eigenvalue weighted by atomic mass is 32.2. The lowest BCUT2D eigenvalue weighted by Crippen LogP contribution is -2.31. The zero-order valence-electron chi connectivity index (χ0n) is 13.4. The summed E-state index contributed by atoms with van der Waals surface area (Å²) in [7, 11) is 3.96. The third-order valence-electron chi connectivity index (χ3n) is 3.81. The second-order valence-electron chi connectivity index (χ2n) is 5.96. The molecule has 1 aromatic rings. The third kappa shape index (κ3) is 4.24. The molecular weight excluding hydrogens is 296 g/mol. The fourth-order valence-corrected chi connectivity index (χ4v) is 3.35. The summed E-state index contributed by atoms with van der Waals surface area (Å²) in [5.74, 6) is 0.930. The van der Waals surface area contributed by atoms with Crippen LogP contribution in [0, 0.1) is 0 Å². The van der Waals surface area contributed by atoms with E-state index in [-0.39, 0.29) is 11.4 Å². The first-order chi connectivity index (χ1) is 10.4. The van der Waals surface area contributed by atoms with Crippen molar-refractivity contribution < 1.29 is 4.79 Å². The average Bonchev–Trinajstić information content (AvgIpc) is 2.46. The molecule has 0 bridgehead atoms. The van der Waals surface area contributed by atoms with Gasteiger partial charge in [-0.2, -0.15) is 0 Å². The van der Waals surface area contributed by atoms with Crippen LogP contribution < -0.4 is 11.1 Å². The Bertz CT molecular complexity index is 556. The monoisotopic (exact) mass is 320 g/mol. The SMILES string of the molecule is CN(C)CCNC(=O)c1ccc(C2(C)CCSC(N)=N2)cc1. The van der Waals surface area contributed by atoms with Crippen molar-refractivity contribution in [2.24, 2.45) is 10.7 Å². The third-order valence-corrected chi connectivity index (χ3v) is 4.60. The van der Waals surface area contributed by atoms with Gasteiger partial charge in [0, 0.05) is 24.4 Å². The molecule has 1 atom stereocenters. The van der Waals surface area contributed by atoms with E-state index < -0.39 is 0 Å². The topological polar surface area (TPSA) is 70.7 Å². The Kier molecular flexibility index (Phi) is 5.47. The van der Waals surface area contributed by atoms with Crippen LogP contribution in [-0.2, 0) is 5.54 Å². The summed E-state index contributed by atoms with van der Waals surface area (Å²) in [5.41, 5.74) is 7.34. The first-order valence-electron chi connectivity index (χ1n) is 7.42. The summed E-state index contributed by atoms with van der Waals surface area (Å²) in [5, 5.41) is 3.55. The smallest absolute Gasteiger partial charge is 0.251 e. The maximum Gasteiger partial charge on any atom is 0.251 e. The summed E-state index contributed by atoms with van der Waals surface area (Å²) in [6.45, 7) is 3.56. The van der Waals surface area contributed by atoms with Gasteiger partial charge in [0.1, 0.15) is 0 Å². The summed E-state index contributed by atoms with van der Waals surface area (Å²) >= 11 is 1.59. The number of carbonyl (C=O) groups is 1. The number of nitrogens with one attached hydrogen (secondary N) is 1. The summed E-state index contributed by atoms with van der Waals surface area (Å²) in [4.78, 5) is 18.7. The Morgan fingerprint density at radius 2 is 2.09 bits per heavy atom. The first kappa shape index (κ1) is 16.8. The molecule has 0 aliphatic carbocycles. The molecule has 5 nitrogen and oxygen atoms in total. The van der Waals surface area contributed by atoms with E-state index in [1.165, 1.54) is 0 Å². The molecule has 0 saturated heterocycles. The van der Waals surface area contributed by atoms with E-state index in [2.05, 4.69) is 17.2 Å². The van der Waals surface area contributed by atoms with Crippen LogP contribution in [-0.4, -0.2) is 48.9 Å². The number of benzene rings is 1. The Labute approximate surface area is 136 Å². The number of hydrogen-bond acceptors (Lipinski definition) is 5. The molecule has 2 rings (SSSR count). The Balaban J connectivity index is 2.04. The molecule has 0 radical (unpaired) electrons. The molecular formula is C16H24N4OS. The van der Waals surface area contributed by atoms with Crippen LogP contribution in [0.15, 0.2) is 29.3 Å². The number of rotatable bonds is 5. The van der Waals surface area contributed by atoms with Gasteiger partial charge in [-0.25, -0.2) is 0 Å². The number of carbonyl (C=O) groups excluding carboxylic acids is 1. The van der Waals surface area contributed by atoms with Crippen molar-refractivity contribution in [2.75, 3.05) is 32.9 Å². The normalized spacial score (nSPS) is 21.5. The molecule has 120 valence electrons. The Morgan fingerprint density at radius 3 is 2.68 bits per heavy atom. The standard InChI is InChI=1S/C16H24N4OS/c1-16(8-11-22-15(17)19-16)13-6-4-12(5-7-13)14(21)18-9-10-20(2)3/h4-7H,8-11H2,1-3H3,(H2,17,19)(H,18,21). The van der Waals surface area contributed by atoms with Gasteiger partial charge in [-0.3, -0.25) is 9.79 Å². The summed E-state index contributed by atoms with van der Waals surface area (Å²) in [6.07, 6.45) is 0.951. The van der Waals surface area contributed by atoms with Crippen molar-refractivity contribution in [3.8, 4) is 0 Å². The number of nitrogens with two attached hydrogens (primary N) is 1. The number of nitrogens with zero attached hydrogens (tertiary/aromatic N) is 2. The number of amides is 1. The molecule has 1 amide bonds. The molecule has 0 aromatic heterocycles. The minimum absolute atomic E-state index is 0.0410. The van der Waals surface area contributed by atoms with Gasteiger partial charge in [0.15, 0.2) is 5.17 Å². The summed E-state index contributed by atoms with van der Waals surface area (Å²) in [6, 6.07) is 7.68. The largest absolute Gasteiger partial charge is 0.379 e. The van der Waals surface area contributed by atoms with Crippen molar-refractivity contribution in [1.29, 1.82) is 0 Å². The molecule has 1 unspecified atom stereocenters. The molecule has 0 saturated carbocycles. The van der Waals surface area contributed by atoms with E-state index in [4.69, 9.17) is 5.73 Å². The lowest BCUT2D eigenvalue weighted by atomic mass is 9.89. The van der Waals surface area contributed by atoms with Crippen molar-refractivity contribution >= 4 is 22.8 Å². The molecule has 22 heavy (non-hydrogen) atoms. The van der Waals surface area contributed by atoms with E-state index >= 15 is 0 Å². The van der Waals surface area contributed by atoms with Crippen LogP contribution in [0.2, 0.25) is 0 Å². The van der Waals surface area contributed by atoms with Gasteiger partial charge >= 0.3 is 0 Å². The highest BCUT2D eigenvalue weighted by Gasteiger charge is 2.29. The lowest BCUT2D eigenvalue weighted by Gasteiger charge is -2.29. The second-order valence-corrected chi connectivity index (χ2v) is 7.07. The van der Waals surface area contributed by atoms with E-state index in [1.807, 2.05) is 43.3 Å². The van der Waals surface area contributed by atoms with Crippen molar-refractivity contribution in [3.63, 3.8) is 0 Å². The van der Waals surface area contributed by atoms with Gasteiger partial charge in [0.05, 0.1) is 5.54 Å². The van der Waals surface area contributed by atoms with E-state index in [1.54, 1.807) is 11.8 Å². The predicted octanol–water partition coefficient (Wildman–Crippen LogP) is 1.64. The van der Waals surface area contributed by atoms with Gasteiger partial charge < -0.3 is 16.0 Å². The highest BCUT2D eigenvalue weighted by molar-refractivity contribution is 8.13. The summed E-state index contributed by atoms with van der Waals surface area (Å²) < 4.78 is 0. The van der Waals surface area contributed by atoms with Crippen LogP contribution in [0.5, 0.6) is 0 Å². The van der Waals surface area contributed by atoms with Crippen LogP contribution in [0.4, 0.5) is 0 Å². The van der Waals surface area contributed by atoms with Crippen molar-refractivity contribution in [3.05, 3.63) is 35.4 Å². The van der Waals surface area contributed by atoms with E-state index in [9.17, 15) is 4.79 Å². The average molecular weight is 320 g/mol.